The second-order valence-electron chi connectivity index (χ2n) is 17.4. The molecule has 5 atom stereocenters. The molecule has 0 spiro atoms. The van der Waals surface area contributed by atoms with E-state index in [4.69, 9.17) is 5.73 Å². The van der Waals surface area contributed by atoms with Gasteiger partial charge >= 0.3 is 18.0 Å². The molecule has 6 aliphatic rings. The highest BCUT2D eigenvalue weighted by Crippen LogP contribution is 2.54. The molecule has 4 fully saturated rings. The molecule has 2 aromatic rings. The van der Waals surface area contributed by atoms with Crippen LogP contribution in [0.1, 0.15) is 156 Å². The maximum Gasteiger partial charge on any atom is 0.327 e. The number of rotatable bonds is 14. The van der Waals surface area contributed by atoms with Crippen LogP contribution in [-0.4, -0.2) is 75.6 Å². The van der Waals surface area contributed by atoms with Crippen molar-refractivity contribution in [3.63, 3.8) is 0 Å². The summed E-state index contributed by atoms with van der Waals surface area (Å²) in [6, 6.07) is 17.6. The van der Waals surface area contributed by atoms with Gasteiger partial charge in [0.2, 0.25) is 0 Å². The van der Waals surface area contributed by atoms with Gasteiger partial charge in [0.25, 0.3) is 0 Å². The monoisotopic (exact) mass is 738 g/mol. The van der Waals surface area contributed by atoms with Crippen LogP contribution in [-0.2, 0) is 4.79 Å². The van der Waals surface area contributed by atoms with Gasteiger partial charge in [0.1, 0.15) is 6.04 Å². The Morgan fingerprint density at radius 3 is 1.37 bits per heavy atom. The largest absolute Gasteiger partial charge is 0.480 e. The van der Waals surface area contributed by atoms with Gasteiger partial charge in [-0.2, -0.15) is 0 Å². The molecule has 4 heterocycles. The van der Waals surface area contributed by atoms with E-state index in [0.29, 0.717) is 55.4 Å². The molecule has 0 unspecified atom stereocenters. The lowest BCUT2D eigenvalue weighted by molar-refractivity contribution is -0.141. The van der Waals surface area contributed by atoms with Gasteiger partial charge in [0.15, 0.2) is 0 Å². The Hall–Kier alpha value is -3.47. The molecule has 4 bridgehead atoms. The van der Waals surface area contributed by atoms with Gasteiger partial charge in [0, 0.05) is 36.3 Å². The first-order valence-electron chi connectivity index (χ1n) is 21.4. The lowest BCUT2D eigenvalue weighted by atomic mass is 9.84. The third-order valence-electron chi connectivity index (χ3n) is 14.4. The van der Waals surface area contributed by atoms with Crippen molar-refractivity contribution in [2.24, 2.45) is 17.6 Å². The van der Waals surface area contributed by atoms with Crippen molar-refractivity contribution in [3.05, 3.63) is 70.8 Å². The normalized spacial score (nSPS) is 30.5. The standard InChI is InChI=1S/C44H62N6O4/c45-26-6-5-11-41(42(51)52)50(43(53)46-31-16-12-29(13-17-31)24-27-48-37-20-21-38(48)34-8-2-1-7-33(34)37)44(54)47-32-18-14-30(15-19-32)25-28-49-39-22-23-40(49)36-10-4-3-9-35(36)39/h1-4,7-10,29-32,37-41H,5-6,11-28,45H2,(H,46,53)(H,47,54)(H,51,52)/t29?,30?,31?,32?,37-,38+,39-,40+,41-/m0/s1. The van der Waals surface area contributed by atoms with Crippen LogP contribution in [0.3, 0.4) is 0 Å². The zero-order chi connectivity index (χ0) is 37.2. The molecule has 2 saturated heterocycles. The van der Waals surface area contributed by atoms with Gasteiger partial charge in [-0.1, -0.05) is 48.5 Å². The van der Waals surface area contributed by atoms with Crippen molar-refractivity contribution in [2.45, 2.75) is 151 Å². The predicted octanol–water partition coefficient (Wildman–Crippen LogP) is 7.97. The first kappa shape index (κ1) is 37.5. The predicted molar refractivity (Wildman–Crippen MR) is 210 cm³/mol. The summed E-state index contributed by atoms with van der Waals surface area (Å²) in [5.74, 6) is 0.0713. The SMILES string of the molecule is NCCCC[C@@H](C(=O)O)N(C(=O)NC1CCC(CCN2[C@@H]3CC[C@H]2c2ccccc23)CC1)C(=O)NC1CCC(CCN2[C@@H]3CC[C@H]2c2ccccc23)CC1. The van der Waals surface area contributed by atoms with E-state index in [1.807, 2.05) is 0 Å². The topological polar surface area (TPSA) is 131 Å². The van der Waals surface area contributed by atoms with Gasteiger partial charge in [0.05, 0.1) is 0 Å². The van der Waals surface area contributed by atoms with Crippen molar-refractivity contribution >= 4 is 18.0 Å². The number of carboxylic acids is 1. The lowest BCUT2D eigenvalue weighted by Gasteiger charge is -2.35. The minimum absolute atomic E-state index is 0.0659. The van der Waals surface area contributed by atoms with E-state index >= 15 is 0 Å². The maximum absolute atomic E-state index is 13.9. The first-order valence-corrected chi connectivity index (χ1v) is 21.4. The van der Waals surface area contributed by atoms with Crippen molar-refractivity contribution in [1.82, 2.24) is 25.3 Å². The number of amides is 4. The Balaban J connectivity index is 0.814. The van der Waals surface area contributed by atoms with Crippen LogP contribution < -0.4 is 16.4 Å². The van der Waals surface area contributed by atoms with E-state index in [1.165, 1.54) is 47.9 Å². The van der Waals surface area contributed by atoms with Gasteiger partial charge in [-0.25, -0.2) is 19.3 Å². The molecule has 2 saturated carbocycles. The Morgan fingerprint density at radius 1 is 0.630 bits per heavy atom. The number of unbranched alkanes of at least 4 members (excludes halogenated alkanes) is 1. The van der Waals surface area contributed by atoms with Crippen LogP contribution in [0.4, 0.5) is 9.59 Å². The van der Waals surface area contributed by atoms with Crippen LogP contribution in [0.15, 0.2) is 48.5 Å². The minimum atomic E-state index is -1.23. The number of aliphatic carboxylic acids is 1. The molecule has 292 valence electrons. The molecular formula is C44H62N6O4. The molecule has 54 heavy (non-hydrogen) atoms. The smallest absolute Gasteiger partial charge is 0.327 e. The second-order valence-corrected chi connectivity index (χ2v) is 17.4. The summed E-state index contributed by atoms with van der Waals surface area (Å²) in [5.41, 5.74) is 11.8. The number of carbonyl (C=O) groups excluding carboxylic acids is 2. The Kier molecular flexibility index (Phi) is 11.6. The van der Waals surface area contributed by atoms with E-state index < -0.39 is 24.1 Å². The number of imide groups is 1. The fourth-order valence-corrected chi connectivity index (χ4v) is 11.5. The van der Waals surface area contributed by atoms with E-state index in [0.717, 1.165) is 82.2 Å². The van der Waals surface area contributed by atoms with Gasteiger partial charge in [-0.15, -0.1) is 0 Å². The molecule has 4 aliphatic heterocycles. The molecule has 2 aromatic carbocycles. The Bertz CT molecular complexity index is 1470. The summed E-state index contributed by atoms with van der Waals surface area (Å²) >= 11 is 0. The van der Waals surface area contributed by atoms with Crippen LogP contribution in [0.25, 0.3) is 0 Å². The number of nitrogens with two attached hydrogens (primary N) is 1. The number of fused-ring (bicyclic) bond motifs is 10. The highest BCUT2D eigenvalue weighted by molar-refractivity contribution is 5.98. The third-order valence-corrected chi connectivity index (χ3v) is 14.4. The third kappa shape index (κ3) is 7.67. The number of urea groups is 2. The maximum atomic E-state index is 13.9. The number of nitrogens with one attached hydrogen (secondary N) is 2. The van der Waals surface area contributed by atoms with Crippen LogP contribution >= 0.6 is 0 Å². The number of nitrogens with zero attached hydrogens (tertiary/aromatic N) is 3. The molecule has 8 rings (SSSR count). The number of benzene rings is 2. The van der Waals surface area contributed by atoms with E-state index in [-0.39, 0.29) is 18.5 Å². The molecule has 5 N–H and O–H groups in total. The highest BCUT2D eigenvalue weighted by Gasteiger charge is 2.45. The molecular weight excluding hydrogens is 677 g/mol. The lowest BCUT2D eigenvalue weighted by Crippen LogP contribution is -2.59. The summed E-state index contributed by atoms with van der Waals surface area (Å²) in [5, 5.41) is 16.5. The summed E-state index contributed by atoms with van der Waals surface area (Å²) in [4.78, 5) is 46.8. The number of carboxylic acid groups (broad SMARTS) is 1. The first-order chi connectivity index (χ1) is 26.4. The molecule has 0 radical (unpaired) electrons. The van der Waals surface area contributed by atoms with Crippen molar-refractivity contribution in [1.29, 1.82) is 0 Å². The molecule has 10 heteroatoms. The summed E-state index contributed by atoms with van der Waals surface area (Å²) in [6.07, 6.45) is 16.2. The molecule has 4 amide bonds. The quantitative estimate of drug-likeness (QED) is 0.145. The molecule has 0 aromatic heterocycles. The summed E-state index contributed by atoms with van der Waals surface area (Å²) < 4.78 is 0. The number of hydrogen-bond donors (Lipinski definition) is 4. The Labute approximate surface area is 321 Å². The number of hydrogen-bond acceptors (Lipinski definition) is 6. The summed E-state index contributed by atoms with van der Waals surface area (Å²) in [7, 11) is 0. The zero-order valence-corrected chi connectivity index (χ0v) is 32.0. The van der Waals surface area contributed by atoms with Crippen molar-refractivity contribution < 1.29 is 19.5 Å². The van der Waals surface area contributed by atoms with Gasteiger partial charge in [-0.3, -0.25) is 9.80 Å². The average molecular weight is 739 g/mol. The highest BCUT2D eigenvalue weighted by atomic mass is 16.4. The van der Waals surface area contributed by atoms with Gasteiger partial charge in [-0.05, 0) is 163 Å². The number of carbonyl (C=O) groups is 3. The van der Waals surface area contributed by atoms with Crippen LogP contribution in [0.5, 0.6) is 0 Å². The van der Waals surface area contributed by atoms with E-state index in [1.54, 1.807) is 0 Å². The van der Waals surface area contributed by atoms with Gasteiger partial charge < -0.3 is 21.5 Å². The fraction of sp³-hybridized carbons (Fsp3) is 0.659. The van der Waals surface area contributed by atoms with Crippen LogP contribution in [0.2, 0.25) is 0 Å². The minimum Gasteiger partial charge on any atom is -0.480 e. The van der Waals surface area contributed by atoms with Crippen LogP contribution in [0, 0.1) is 11.8 Å². The zero-order valence-electron chi connectivity index (χ0n) is 32.0. The average Bonchev–Trinajstić information content (AvgIpc) is 3.95. The summed E-state index contributed by atoms with van der Waals surface area (Å²) in [6.45, 7) is 2.66. The van der Waals surface area contributed by atoms with E-state index in [2.05, 4.69) is 69.0 Å². The van der Waals surface area contributed by atoms with Crippen molar-refractivity contribution in [2.75, 3.05) is 19.6 Å². The van der Waals surface area contributed by atoms with E-state index in [9.17, 15) is 19.5 Å². The Morgan fingerprint density at radius 2 is 1.02 bits per heavy atom. The second kappa shape index (κ2) is 16.7. The van der Waals surface area contributed by atoms with Crippen molar-refractivity contribution in [3.8, 4) is 0 Å². The molecule has 2 aliphatic carbocycles. The fourth-order valence-electron chi connectivity index (χ4n) is 11.5. The molecule has 10 nitrogen and oxygen atoms in total.